The van der Waals surface area contributed by atoms with Crippen molar-refractivity contribution in [3.63, 3.8) is 0 Å². The molecule has 2 aromatic rings. The van der Waals surface area contributed by atoms with E-state index in [1.165, 1.54) is 0 Å². The van der Waals surface area contributed by atoms with Crippen LogP contribution >= 0.6 is 11.6 Å². The Bertz CT molecular complexity index is 882. The van der Waals surface area contributed by atoms with Crippen LogP contribution in [0.15, 0.2) is 36.4 Å². The van der Waals surface area contributed by atoms with E-state index in [4.69, 9.17) is 25.8 Å². The molecule has 1 aliphatic rings. The molecular weight excluding hydrogens is 402 g/mol. The van der Waals surface area contributed by atoms with Gasteiger partial charge in [-0.2, -0.15) is 0 Å². The maximum absolute atomic E-state index is 12.6. The Labute approximate surface area is 183 Å². The van der Waals surface area contributed by atoms with Crippen molar-refractivity contribution >= 4 is 17.5 Å². The summed E-state index contributed by atoms with van der Waals surface area (Å²) < 4.78 is 17.4. The van der Waals surface area contributed by atoms with Gasteiger partial charge in [-0.25, -0.2) is 0 Å². The summed E-state index contributed by atoms with van der Waals surface area (Å²) in [6, 6.07) is 11.4. The number of methoxy groups -OCH3 is 1. The number of hydrogen-bond acceptors (Lipinski definition) is 4. The van der Waals surface area contributed by atoms with Gasteiger partial charge >= 0.3 is 0 Å². The average molecular weight is 432 g/mol. The van der Waals surface area contributed by atoms with E-state index in [-0.39, 0.29) is 12.0 Å². The maximum atomic E-state index is 12.6. The van der Waals surface area contributed by atoms with E-state index >= 15 is 0 Å². The van der Waals surface area contributed by atoms with E-state index in [0.717, 1.165) is 29.7 Å². The Morgan fingerprint density at radius 2 is 2.00 bits per heavy atom. The van der Waals surface area contributed by atoms with E-state index in [0.29, 0.717) is 35.9 Å². The van der Waals surface area contributed by atoms with Gasteiger partial charge in [-0.05, 0) is 57.0 Å². The van der Waals surface area contributed by atoms with Crippen LogP contribution in [-0.4, -0.2) is 37.9 Å². The molecule has 0 fully saturated rings. The first-order chi connectivity index (χ1) is 14.3. The third-order valence-electron chi connectivity index (χ3n) is 5.08. The highest BCUT2D eigenvalue weighted by Gasteiger charge is 2.37. The lowest BCUT2D eigenvalue weighted by Crippen LogP contribution is -2.32. The van der Waals surface area contributed by atoms with Gasteiger partial charge in [0.05, 0.1) is 13.2 Å². The number of benzene rings is 2. The van der Waals surface area contributed by atoms with Crippen LogP contribution in [0.5, 0.6) is 11.5 Å². The van der Waals surface area contributed by atoms with Gasteiger partial charge in [0.2, 0.25) is 0 Å². The van der Waals surface area contributed by atoms with Crippen molar-refractivity contribution < 1.29 is 19.0 Å². The minimum absolute atomic E-state index is 0.119. The highest BCUT2D eigenvalue weighted by molar-refractivity contribution is 6.30. The van der Waals surface area contributed by atoms with Crippen LogP contribution in [0.4, 0.5) is 0 Å². The van der Waals surface area contributed by atoms with Crippen molar-refractivity contribution in [2.45, 2.75) is 51.7 Å². The lowest BCUT2D eigenvalue weighted by molar-refractivity contribution is 0.0757. The molecule has 1 N–H and O–H groups in total. The van der Waals surface area contributed by atoms with Gasteiger partial charge in [0, 0.05) is 42.1 Å². The van der Waals surface area contributed by atoms with E-state index in [2.05, 4.69) is 12.2 Å². The van der Waals surface area contributed by atoms with Crippen molar-refractivity contribution in [1.29, 1.82) is 0 Å². The van der Waals surface area contributed by atoms with Gasteiger partial charge in [0.1, 0.15) is 5.60 Å². The Morgan fingerprint density at radius 1 is 1.27 bits per heavy atom. The molecule has 0 spiro atoms. The quantitative estimate of drug-likeness (QED) is 0.578. The number of carbonyl (C=O) groups excluding carboxylic acids is 1. The molecule has 1 aliphatic heterocycles. The SMILES string of the molecule is COc1cc(C(=O)NCCCOC(C)C)cc2c1OC(C)(Cc1ccc(Cl)cc1)C2. The molecule has 0 aromatic heterocycles. The first-order valence-electron chi connectivity index (χ1n) is 10.3. The summed E-state index contributed by atoms with van der Waals surface area (Å²) in [4.78, 5) is 12.6. The lowest BCUT2D eigenvalue weighted by Gasteiger charge is -2.24. The Morgan fingerprint density at radius 3 is 2.67 bits per heavy atom. The van der Waals surface area contributed by atoms with Crippen molar-refractivity contribution in [3.05, 3.63) is 58.1 Å². The molecule has 162 valence electrons. The van der Waals surface area contributed by atoms with Crippen LogP contribution in [0.1, 0.15) is 48.7 Å². The smallest absolute Gasteiger partial charge is 0.251 e. The average Bonchev–Trinajstić information content (AvgIpc) is 3.04. The van der Waals surface area contributed by atoms with Crippen LogP contribution in [0.3, 0.4) is 0 Å². The van der Waals surface area contributed by atoms with Crippen LogP contribution in [0, 0.1) is 0 Å². The number of rotatable bonds is 9. The molecule has 3 rings (SSSR count). The van der Waals surface area contributed by atoms with Crippen molar-refractivity contribution in [2.24, 2.45) is 0 Å². The number of amides is 1. The first kappa shape index (κ1) is 22.4. The molecule has 1 unspecified atom stereocenters. The van der Waals surface area contributed by atoms with Gasteiger partial charge in [0.25, 0.3) is 5.91 Å². The Balaban J connectivity index is 1.68. The van der Waals surface area contributed by atoms with E-state index in [1.54, 1.807) is 13.2 Å². The monoisotopic (exact) mass is 431 g/mol. The number of hydrogen-bond donors (Lipinski definition) is 1. The van der Waals surface area contributed by atoms with E-state index in [9.17, 15) is 4.79 Å². The second-order valence-electron chi connectivity index (χ2n) is 8.23. The summed E-state index contributed by atoms with van der Waals surface area (Å²) in [5.74, 6) is 1.18. The Kier molecular flexibility index (Phi) is 7.27. The standard InChI is InChI=1S/C24H30ClNO4/c1-16(2)29-11-5-10-26-23(27)18-12-19-15-24(3,30-22(19)21(13-18)28-4)14-17-6-8-20(25)9-7-17/h6-9,12-13,16H,5,10-11,14-15H2,1-4H3,(H,26,27). The van der Waals surface area contributed by atoms with Gasteiger partial charge in [-0.3, -0.25) is 4.79 Å². The molecule has 0 saturated heterocycles. The molecule has 0 saturated carbocycles. The topological polar surface area (TPSA) is 56.8 Å². The Hall–Kier alpha value is -2.24. The fourth-order valence-electron chi connectivity index (χ4n) is 3.70. The molecule has 5 nitrogen and oxygen atoms in total. The first-order valence-corrected chi connectivity index (χ1v) is 10.7. The zero-order chi connectivity index (χ0) is 21.7. The number of halogens is 1. The fourth-order valence-corrected chi connectivity index (χ4v) is 3.83. The van der Waals surface area contributed by atoms with Gasteiger partial charge in [0.15, 0.2) is 11.5 Å². The highest BCUT2D eigenvalue weighted by atomic mass is 35.5. The molecule has 1 heterocycles. The molecule has 30 heavy (non-hydrogen) atoms. The maximum Gasteiger partial charge on any atom is 0.251 e. The van der Waals surface area contributed by atoms with Crippen LogP contribution in [-0.2, 0) is 17.6 Å². The van der Waals surface area contributed by atoms with Crippen molar-refractivity contribution in [1.82, 2.24) is 5.32 Å². The second-order valence-corrected chi connectivity index (χ2v) is 8.66. The van der Waals surface area contributed by atoms with Crippen molar-refractivity contribution in [2.75, 3.05) is 20.3 Å². The molecule has 0 bridgehead atoms. The fraction of sp³-hybridized carbons (Fsp3) is 0.458. The summed E-state index contributed by atoms with van der Waals surface area (Å²) in [6.45, 7) is 7.27. The molecule has 2 aromatic carbocycles. The predicted molar refractivity (Wildman–Crippen MR) is 119 cm³/mol. The molecule has 0 radical (unpaired) electrons. The minimum Gasteiger partial charge on any atom is -0.493 e. The molecule has 1 amide bonds. The summed E-state index contributed by atoms with van der Waals surface area (Å²) in [6.07, 6.45) is 2.40. The number of fused-ring (bicyclic) bond motifs is 1. The van der Waals surface area contributed by atoms with E-state index < -0.39 is 5.60 Å². The predicted octanol–water partition coefficient (Wildman–Crippen LogP) is 4.83. The summed E-state index contributed by atoms with van der Waals surface area (Å²) in [7, 11) is 1.60. The molecule has 1 atom stereocenters. The van der Waals surface area contributed by atoms with Gasteiger partial charge in [-0.1, -0.05) is 23.7 Å². The second kappa shape index (κ2) is 9.71. The third-order valence-corrected chi connectivity index (χ3v) is 5.33. The number of ether oxygens (including phenoxy) is 3. The summed E-state index contributed by atoms with van der Waals surface area (Å²) in [5.41, 5.74) is 2.30. The summed E-state index contributed by atoms with van der Waals surface area (Å²) >= 11 is 6.00. The zero-order valence-corrected chi connectivity index (χ0v) is 18.8. The van der Waals surface area contributed by atoms with Crippen LogP contribution < -0.4 is 14.8 Å². The summed E-state index contributed by atoms with van der Waals surface area (Å²) in [5, 5.41) is 3.67. The largest absolute Gasteiger partial charge is 0.493 e. The van der Waals surface area contributed by atoms with Crippen LogP contribution in [0.2, 0.25) is 5.02 Å². The third kappa shape index (κ3) is 5.67. The van der Waals surface area contributed by atoms with E-state index in [1.807, 2.05) is 44.2 Å². The molecule has 0 aliphatic carbocycles. The van der Waals surface area contributed by atoms with Crippen molar-refractivity contribution in [3.8, 4) is 11.5 Å². The minimum atomic E-state index is -0.410. The lowest BCUT2D eigenvalue weighted by atomic mass is 9.91. The number of carbonyl (C=O) groups is 1. The molecule has 6 heteroatoms. The van der Waals surface area contributed by atoms with Gasteiger partial charge < -0.3 is 19.5 Å². The number of nitrogens with one attached hydrogen (secondary N) is 1. The molecular formula is C24H30ClNO4. The normalized spacial score (nSPS) is 17.5. The van der Waals surface area contributed by atoms with Crippen LogP contribution in [0.25, 0.3) is 0 Å². The highest BCUT2D eigenvalue weighted by Crippen LogP contribution is 2.44. The van der Waals surface area contributed by atoms with Gasteiger partial charge in [-0.15, -0.1) is 0 Å². The zero-order valence-electron chi connectivity index (χ0n) is 18.1.